The van der Waals surface area contributed by atoms with Crippen LogP contribution in [0.4, 0.5) is 10.1 Å². The van der Waals surface area contributed by atoms with Gasteiger partial charge in [-0.25, -0.2) is 4.39 Å². The number of anilines is 1. The second kappa shape index (κ2) is 7.33. The Balaban J connectivity index is 1.65. The Kier molecular flexibility index (Phi) is 5.16. The quantitative estimate of drug-likeness (QED) is 0.899. The highest BCUT2D eigenvalue weighted by Gasteiger charge is 2.35. The minimum Gasteiger partial charge on any atom is -0.326 e. The van der Waals surface area contributed by atoms with E-state index in [-0.39, 0.29) is 29.7 Å². The van der Waals surface area contributed by atoms with Crippen LogP contribution in [-0.2, 0) is 4.79 Å². The van der Waals surface area contributed by atoms with Gasteiger partial charge in [0.2, 0.25) is 5.91 Å². The summed E-state index contributed by atoms with van der Waals surface area (Å²) < 4.78 is 13.6. The standard InChI is InChI=1S/C20H24FN3O/c1-13-8-9-16(10-18(13)21)23-20(25)14(2)24-11-17(19(22)12-24)15-6-4-3-5-7-15/h3-10,14,17,19H,11-12,22H2,1-2H3,(H,23,25)/t14?,17-,19+/m0/s1. The number of carbonyl (C=O) groups excluding carboxylic acids is 1. The Morgan fingerprint density at radius 1 is 1.24 bits per heavy atom. The molecule has 4 nitrogen and oxygen atoms in total. The van der Waals surface area contributed by atoms with Crippen LogP contribution in [0.2, 0.25) is 0 Å². The summed E-state index contributed by atoms with van der Waals surface area (Å²) in [4.78, 5) is 14.6. The van der Waals surface area contributed by atoms with Crippen LogP contribution >= 0.6 is 0 Å². The minimum absolute atomic E-state index is 0.00512. The fourth-order valence-electron chi connectivity index (χ4n) is 3.31. The Morgan fingerprint density at radius 2 is 1.96 bits per heavy atom. The van der Waals surface area contributed by atoms with Crippen LogP contribution in [-0.4, -0.2) is 36.0 Å². The molecule has 1 aliphatic heterocycles. The van der Waals surface area contributed by atoms with Gasteiger partial charge < -0.3 is 11.1 Å². The maximum Gasteiger partial charge on any atom is 0.241 e. The maximum absolute atomic E-state index is 13.6. The molecule has 2 aromatic rings. The molecular formula is C20H24FN3O. The average Bonchev–Trinajstić information content (AvgIpc) is 3.00. The number of likely N-dealkylation sites (tertiary alicyclic amines) is 1. The van der Waals surface area contributed by atoms with Crippen molar-refractivity contribution in [2.75, 3.05) is 18.4 Å². The van der Waals surface area contributed by atoms with E-state index in [0.717, 1.165) is 6.54 Å². The number of amides is 1. The van der Waals surface area contributed by atoms with Crippen LogP contribution in [0, 0.1) is 12.7 Å². The molecule has 3 rings (SSSR count). The summed E-state index contributed by atoms with van der Waals surface area (Å²) in [5.41, 5.74) is 8.54. The van der Waals surface area contributed by atoms with Gasteiger partial charge in [0.25, 0.3) is 0 Å². The first-order valence-corrected chi connectivity index (χ1v) is 8.57. The summed E-state index contributed by atoms with van der Waals surface area (Å²) >= 11 is 0. The molecule has 2 aromatic carbocycles. The SMILES string of the molecule is Cc1ccc(NC(=O)C(C)N2C[C@@H](N)[C@H](c3ccccc3)C2)cc1F. The van der Waals surface area contributed by atoms with Crippen molar-refractivity contribution in [3.63, 3.8) is 0 Å². The Hall–Kier alpha value is -2.24. The first kappa shape index (κ1) is 17.6. The normalized spacial score (nSPS) is 21.9. The number of hydrogen-bond donors (Lipinski definition) is 2. The first-order valence-electron chi connectivity index (χ1n) is 8.57. The lowest BCUT2D eigenvalue weighted by molar-refractivity contribution is -0.120. The molecule has 0 bridgehead atoms. The Bertz CT molecular complexity index is 750. The van der Waals surface area contributed by atoms with Crippen LogP contribution < -0.4 is 11.1 Å². The van der Waals surface area contributed by atoms with Gasteiger partial charge in [-0.05, 0) is 37.1 Å². The van der Waals surface area contributed by atoms with E-state index in [1.54, 1.807) is 19.1 Å². The van der Waals surface area contributed by atoms with E-state index in [2.05, 4.69) is 22.3 Å². The monoisotopic (exact) mass is 341 g/mol. The van der Waals surface area contributed by atoms with Gasteiger partial charge in [-0.3, -0.25) is 9.69 Å². The molecule has 3 atom stereocenters. The van der Waals surface area contributed by atoms with E-state index in [0.29, 0.717) is 17.8 Å². The van der Waals surface area contributed by atoms with Gasteiger partial charge in [0.05, 0.1) is 6.04 Å². The van der Waals surface area contributed by atoms with Crippen molar-refractivity contribution >= 4 is 11.6 Å². The zero-order valence-electron chi connectivity index (χ0n) is 14.6. The van der Waals surface area contributed by atoms with E-state index < -0.39 is 0 Å². The topological polar surface area (TPSA) is 58.4 Å². The third kappa shape index (κ3) is 3.89. The number of halogens is 1. The third-order valence-electron chi connectivity index (χ3n) is 4.99. The molecule has 25 heavy (non-hydrogen) atoms. The molecule has 0 aliphatic carbocycles. The number of nitrogens with one attached hydrogen (secondary N) is 1. The van der Waals surface area contributed by atoms with Crippen molar-refractivity contribution in [2.45, 2.75) is 31.8 Å². The van der Waals surface area contributed by atoms with Gasteiger partial charge in [-0.2, -0.15) is 0 Å². The average molecular weight is 341 g/mol. The predicted octanol–water partition coefficient (Wildman–Crippen LogP) is 2.89. The predicted molar refractivity (Wildman–Crippen MR) is 98.0 cm³/mol. The Labute approximate surface area is 147 Å². The Morgan fingerprint density at radius 3 is 2.64 bits per heavy atom. The highest BCUT2D eigenvalue weighted by atomic mass is 19.1. The molecule has 1 amide bonds. The molecule has 1 aliphatic rings. The molecule has 1 fully saturated rings. The van der Waals surface area contributed by atoms with Gasteiger partial charge >= 0.3 is 0 Å². The lowest BCUT2D eigenvalue weighted by Crippen LogP contribution is -2.41. The zero-order valence-corrected chi connectivity index (χ0v) is 14.6. The third-order valence-corrected chi connectivity index (χ3v) is 4.99. The van der Waals surface area contributed by atoms with Gasteiger partial charge in [-0.15, -0.1) is 0 Å². The van der Waals surface area contributed by atoms with Crippen LogP contribution in [0.25, 0.3) is 0 Å². The van der Waals surface area contributed by atoms with E-state index >= 15 is 0 Å². The largest absolute Gasteiger partial charge is 0.326 e. The molecule has 3 N–H and O–H groups in total. The van der Waals surface area contributed by atoms with Gasteiger partial charge in [0, 0.05) is 30.7 Å². The number of hydrogen-bond acceptors (Lipinski definition) is 3. The molecular weight excluding hydrogens is 317 g/mol. The zero-order chi connectivity index (χ0) is 18.0. The number of aryl methyl sites for hydroxylation is 1. The van der Waals surface area contributed by atoms with E-state index in [4.69, 9.17) is 5.73 Å². The summed E-state index contributed by atoms with van der Waals surface area (Å²) in [6, 6.07) is 14.5. The van der Waals surface area contributed by atoms with Crippen molar-refractivity contribution in [2.24, 2.45) is 5.73 Å². The lowest BCUT2D eigenvalue weighted by Gasteiger charge is -2.23. The summed E-state index contributed by atoms with van der Waals surface area (Å²) in [5, 5.41) is 2.79. The highest BCUT2D eigenvalue weighted by molar-refractivity contribution is 5.94. The van der Waals surface area contributed by atoms with E-state index in [1.807, 2.05) is 25.1 Å². The minimum atomic E-state index is -0.330. The van der Waals surface area contributed by atoms with Gasteiger partial charge in [0.1, 0.15) is 5.82 Å². The van der Waals surface area contributed by atoms with Crippen molar-refractivity contribution < 1.29 is 9.18 Å². The lowest BCUT2D eigenvalue weighted by atomic mass is 9.95. The maximum atomic E-state index is 13.6. The molecule has 0 aromatic heterocycles. The number of nitrogens with zero attached hydrogens (tertiary/aromatic N) is 1. The number of rotatable bonds is 4. The summed E-state index contributed by atoms with van der Waals surface area (Å²) in [6.07, 6.45) is 0. The second-order valence-corrected chi connectivity index (χ2v) is 6.76. The molecule has 1 unspecified atom stereocenters. The fourth-order valence-corrected chi connectivity index (χ4v) is 3.31. The summed E-state index contributed by atoms with van der Waals surface area (Å²) in [7, 11) is 0. The van der Waals surface area contributed by atoms with E-state index in [9.17, 15) is 9.18 Å². The van der Waals surface area contributed by atoms with Crippen molar-refractivity contribution in [3.8, 4) is 0 Å². The molecule has 0 saturated carbocycles. The smallest absolute Gasteiger partial charge is 0.241 e. The molecule has 132 valence electrons. The van der Waals surface area contributed by atoms with Crippen LogP contribution in [0.15, 0.2) is 48.5 Å². The van der Waals surface area contributed by atoms with E-state index in [1.165, 1.54) is 11.6 Å². The molecule has 0 radical (unpaired) electrons. The second-order valence-electron chi connectivity index (χ2n) is 6.76. The molecule has 5 heteroatoms. The van der Waals surface area contributed by atoms with Crippen LogP contribution in [0.3, 0.4) is 0 Å². The van der Waals surface area contributed by atoms with Crippen molar-refractivity contribution in [1.29, 1.82) is 0 Å². The van der Waals surface area contributed by atoms with Crippen molar-refractivity contribution in [1.82, 2.24) is 4.90 Å². The van der Waals surface area contributed by atoms with Crippen LogP contribution in [0.5, 0.6) is 0 Å². The van der Waals surface area contributed by atoms with Crippen molar-refractivity contribution in [3.05, 3.63) is 65.5 Å². The summed E-state index contributed by atoms with van der Waals surface area (Å²) in [6.45, 7) is 4.96. The first-order chi connectivity index (χ1) is 12.0. The summed E-state index contributed by atoms with van der Waals surface area (Å²) in [5.74, 6) is -0.254. The molecule has 1 heterocycles. The fraction of sp³-hybridized carbons (Fsp3) is 0.350. The number of carbonyl (C=O) groups is 1. The molecule has 0 spiro atoms. The number of benzene rings is 2. The number of nitrogens with two attached hydrogens (primary N) is 1. The van der Waals surface area contributed by atoms with Gasteiger partial charge in [0.15, 0.2) is 0 Å². The van der Waals surface area contributed by atoms with Gasteiger partial charge in [-0.1, -0.05) is 36.4 Å². The highest BCUT2D eigenvalue weighted by Crippen LogP contribution is 2.28. The van der Waals surface area contributed by atoms with Crippen LogP contribution in [0.1, 0.15) is 24.0 Å². The molecule has 1 saturated heterocycles.